The molecule has 25 heavy (non-hydrogen) atoms. The molecule has 0 spiro atoms. The van der Waals surface area contributed by atoms with Crippen molar-refractivity contribution >= 4 is 34.6 Å². The highest BCUT2D eigenvalue weighted by Gasteiger charge is 2.39. The van der Waals surface area contributed by atoms with Crippen LogP contribution in [0.4, 0.5) is 11.4 Å². The van der Waals surface area contributed by atoms with Crippen molar-refractivity contribution in [1.29, 1.82) is 0 Å². The molecule has 0 aromatic heterocycles. The second-order valence-electron chi connectivity index (χ2n) is 6.58. The maximum absolute atomic E-state index is 11.2. The van der Waals surface area contributed by atoms with Crippen LogP contribution in [0.1, 0.15) is 35.1 Å². The number of halogens is 2. The van der Waals surface area contributed by atoms with Gasteiger partial charge in [0, 0.05) is 39.3 Å². The van der Waals surface area contributed by atoms with E-state index in [0.29, 0.717) is 10.0 Å². The summed E-state index contributed by atoms with van der Waals surface area (Å²) in [5, 5.41) is 16.0. The average molecular weight is 375 g/mol. The van der Waals surface area contributed by atoms with Crippen molar-refractivity contribution in [3.8, 4) is 0 Å². The number of allylic oxidation sites excluding steroid dienone is 2. The quantitative estimate of drug-likeness (QED) is 0.396. The van der Waals surface area contributed by atoms with Gasteiger partial charge in [0.25, 0.3) is 5.69 Å². The molecular weight excluding hydrogens is 359 g/mol. The van der Waals surface area contributed by atoms with E-state index in [1.165, 1.54) is 11.6 Å². The van der Waals surface area contributed by atoms with Gasteiger partial charge in [-0.05, 0) is 42.5 Å². The monoisotopic (exact) mass is 374 g/mol. The van der Waals surface area contributed by atoms with Crippen molar-refractivity contribution in [2.24, 2.45) is 5.92 Å². The van der Waals surface area contributed by atoms with Gasteiger partial charge in [-0.1, -0.05) is 41.4 Å². The highest BCUT2D eigenvalue weighted by atomic mass is 35.5. The Morgan fingerprint density at radius 1 is 1.16 bits per heavy atom. The van der Waals surface area contributed by atoms with Gasteiger partial charge in [0.15, 0.2) is 0 Å². The predicted octanol–water partition coefficient (Wildman–Crippen LogP) is 6.04. The normalized spacial score (nSPS) is 23.7. The zero-order valence-corrected chi connectivity index (χ0v) is 15.0. The van der Waals surface area contributed by atoms with Gasteiger partial charge >= 0.3 is 0 Å². The number of nitrogens with one attached hydrogen (secondary N) is 1. The molecule has 1 N–H and O–H groups in total. The van der Waals surface area contributed by atoms with Crippen LogP contribution in [0.25, 0.3) is 0 Å². The second kappa shape index (κ2) is 6.04. The van der Waals surface area contributed by atoms with Crippen LogP contribution in [-0.4, -0.2) is 4.92 Å². The molecule has 6 heteroatoms. The summed E-state index contributed by atoms with van der Waals surface area (Å²) in [6.07, 6.45) is 5.30. The first-order chi connectivity index (χ1) is 12.0. The third kappa shape index (κ3) is 2.60. The molecule has 0 fully saturated rings. The fourth-order valence-electron chi connectivity index (χ4n) is 3.98. The molecule has 4 rings (SSSR count). The summed E-state index contributed by atoms with van der Waals surface area (Å²) in [6, 6.07) is 8.53. The smallest absolute Gasteiger partial charge is 0.269 e. The number of hydrogen-bond acceptors (Lipinski definition) is 3. The van der Waals surface area contributed by atoms with Gasteiger partial charge in [0.2, 0.25) is 0 Å². The Bertz CT molecular complexity index is 911. The van der Waals surface area contributed by atoms with E-state index in [9.17, 15) is 10.1 Å². The zero-order chi connectivity index (χ0) is 17.7. The molecule has 0 saturated heterocycles. The third-order valence-electron chi connectivity index (χ3n) is 5.26. The lowest BCUT2D eigenvalue weighted by Gasteiger charge is -2.38. The van der Waals surface area contributed by atoms with Gasteiger partial charge in [-0.25, -0.2) is 0 Å². The first kappa shape index (κ1) is 16.4. The Morgan fingerprint density at radius 3 is 2.68 bits per heavy atom. The van der Waals surface area contributed by atoms with Crippen molar-refractivity contribution < 1.29 is 4.92 Å². The van der Waals surface area contributed by atoms with Gasteiger partial charge in [-0.3, -0.25) is 10.1 Å². The number of benzene rings is 2. The maximum Gasteiger partial charge on any atom is 0.269 e. The van der Waals surface area contributed by atoms with E-state index in [4.69, 9.17) is 23.2 Å². The number of nitro benzene ring substituents is 1. The van der Waals surface area contributed by atoms with E-state index >= 15 is 0 Å². The molecule has 4 nitrogen and oxygen atoms in total. The standard InChI is InChI=1S/C19H16Cl2N2O2/c1-10-16(20)8-6-14-12-3-2-4-13(12)19(22-18(10)14)15-9-11(23(24)25)5-7-17(15)21/h2-3,5-9,12-13,19,22H,4H2,1H3. The Hall–Kier alpha value is -2.04. The summed E-state index contributed by atoms with van der Waals surface area (Å²) in [5.74, 6) is 0.528. The molecule has 1 aliphatic carbocycles. The van der Waals surface area contributed by atoms with E-state index < -0.39 is 0 Å². The minimum atomic E-state index is -0.386. The van der Waals surface area contributed by atoms with Gasteiger partial charge in [-0.15, -0.1) is 0 Å². The van der Waals surface area contributed by atoms with E-state index in [2.05, 4.69) is 23.5 Å². The molecule has 0 radical (unpaired) electrons. The summed E-state index contributed by atoms with van der Waals surface area (Å²) in [7, 11) is 0. The molecular formula is C19H16Cl2N2O2. The van der Waals surface area contributed by atoms with Crippen LogP contribution in [0, 0.1) is 23.0 Å². The fraction of sp³-hybridized carbons (Fsp3) is 0.263. The van der Waals surface area contributed by atoms with Crippen LogP contribution >= 0.6 is 23.2 Å². The van der Waals surface area contributed by atoms with Crippen molar-refractivity contribution in [2.45, 2.75) is 25.3 Å². The molecule has 0 amide bonds. The number of hydrogen-bond donors (Lipinski definition) is 1. The lowest BCUT2D eigenvalue weighted by Crippen LogP contribution is -2.30. The second-order valence-corrected chi connectivity index (χ2v) is 7.39. The lowest BCUT2D eigenvalue weighted by molar-refractivity contribution is -0.384. The van der Waals surface area contributed by atoms with Crippen molar-refractivity contribution in [3.63, 3.8) is 0 Å². The first-order valence-electron chi connectivity index (χ1n) is 8.13. The number of anilines is 1. The maximum atomic E-state index is 11.2. The minimum Gasteiger partial charge on any atom is -0.377 e. The molecule has 3 atom stereocenters. The van der Waals surface area contributed by atoms with Crippen LogP contribution in [0.15, 0.2) is 42.5 Å². The van der Waals surface area contributed by atoms with Crippen LogP contribution in [0.3, 0.4) is 0 Å². The zero-order valence-electron chi connectivity index (χ0n) is 13.5. The highest BCUT2D eigenvalue weighted by molar-refractivity contribution is 6.32. The number of non-ortho nitro benzene ring substituents is 1. The molecule has 1 heterocycles. The van der Waals surface area contributed by atoms with Crippen molar-refractivity contribution in [3.05, 3.63) is 79.3 Å². The third-order valence-corrected chi connectivity index (χ3v) is 6.01. The predicted molar refractivity (Wildman–Crippen MR) is 101 cm³/mol. The summed E-state index contributed by atoms with van der Waals surface area (Å²) < 4.78 is 0. The molecule has 2 aromatic rings. The Morgan fingerprint density at radius 2 is 1.92 bits per heavy atom. The average Bonchev–Trinajstić information content (AvgIpc) is 3.07. The molecule has 0 saturated carbocycles. The van der Waals surface area contributed by atoms with Gasteiger partial charge in [0.1, 0.15) is 0 Å². The van der Waals surface area contributed by atoms with Gasteiger partial charge < -0.3 is 5.32 Å². The fourth-order valence-corrected chi connectivity index (χ4v) is 4.37. The summed E-state index contributed by atoms with van der Waals surface area (Å²) in [6.45, 7) is 1.99. The minimum absolute atomic E-state index is 0.0531. The van der Waals surface area contributed by atoms with E-state index in [1.807, 2.05) is 13.0 Å². The molecule has 0 bridgehead atoms. The molecule has 3 unspecified atom stereocenters. The van der Waals surface area contributed by atoms with Crippen LogP contribution in [-0.2, 0) is 0 Å². The topological polar surface area (TPSA) is 55.2 Å². The molecule has 2 aromatic carbocycles. The van der Waals surface area contributed by atoms with E-state index in [-0.39, 0.29) is 28.5 Å². The van der Waals surface area contributed by atoms with Crippen LogP contribution in [0.2, 0.25) is 10.0 Å². The Kier molecular flexibility index (Phi) is 3.97. The van der Waals surface area contributed by atoms with Crippen LogP contribution < -0.4 is 5.32 Å². The van der Waals surface area contributed by atoms with Crippen molar-refractivity contribution in [1.82, 2.24) is 0 Å². The summed E-state index contributed by atoms with van der Waals surface area (Å²) in [4.78, 5) is 10.8. The lowest BCUT2D eigenvalue weighted by atomic mass is 9.76. The summed E-state index contributed by atoms with van der Waals surface area (Å²) in [5.41, 5.74) is 4.03. The van der Waals surface area contributed by atoms with Gasteiger partial charge in [0.05, 0.1) is 11.0 Å². The van der Waals surface area contributed by atoms with Crippen molar-refractivity contribution in [2.75, 3.05) is 5.32 Å². The van der Waals surface area contributed by atoms with E-state index in [1.54, 1.807) is 12.1 Å². The number of nitro groups is 1. The van der Waals surface area contributed by atoms with Gasteiger partial charge in [-0.2, -0.15) is 0 Å². The SMILES string of the molecule is Cc1c(Cl)ccc2c1NC(c1cc([N+](=O)[O-])ccc1Cl)C1CC=CC21. The largest absolute Gasteiger partial charge is 0.377 e. The summed E-state index contributed by atoms with van der Waals surface area (Å²) >= 11 is 12.7. The van der Waals surface area contributed by atoms with Crippen LogP contribution in [0.5, 0.6) is 0 Å². The molecule has 1 aliphatic heterocycles. The number of fused-ring (bicyclic) bond motifs is 3. The molecule has 2 aliphatic rings. The highest BCUT2D eigenvalue weighted by Crippen LogP contribution is 2.52. The van der Waals surface area contributed by atoms with E-state index in [0.717, 1.165) is 23.2 Å². The number of rotatable bonds is 2. The first-order valence-corrected chi connectivity index (χ1v) is 8.89. The Labute approximate surface area is 155 Å². The number of nitrogens with zero attached hydrogens (tertiary/aromatic N) is 1. The molecule has 128 valence electrons. The Balaban J connectivity index is 1.86.